The second-order valence-corrected chi connectivity index (χ2v) is 7.47. The fraction of sp³-hybridized carbons (Fsp3) is 0.0952. The normalized spacial score (nSPS) is 10.1. The van der Waals surface area contributed by atoms with Gasteiger partial charge in [0.1, 0.15) is 5.75 Å². The van der Waals surface area contributed by atoms with Gasteiger partial charge < -0.3 is 15.4 Å². The summed E-state index contributed by atoms with van der Waals surface area (Å²) < 4.78 is 5.42. The summed E-state index contributed by atoms with van der Waals surface area (Å²) in [6.07, 6.45) is 0. The number of aryl methyl sites for hydroxylation is 1. The van der Waals surface area contributed by atoms with E-state index in [2.05, 4.69) is 16.0 Å². The van der Waals surface area contributed by atoms with Gasteiger partial charge in [0, 0.05) is 11.4 Å². The van der Waals surface area contributed by atoms with Gasteiger partial charge in [0.15, 0.2) is 11.7 Å². The lowest BCUT2D eigenvalue weighted by molar-refractivity contribution is -0.121. The number of carbonyl (C=O) groups is 2. The van der Waals surface area contributed by atoms with Crippen LogP contribution in [0.5, 0.6) is 5.75 Å². The number of amides is 2. The molecule has 0 aliphatic rings. The molecule has 3 aromatic rings. The molecule has 2 aromatic carbocycles. The van der Waals surface area contributed by atoms with E-state index in [1.54, 1.807) is 42.5 Å². The maximum absolute atomic E-state index is 12.0. The molecule has 0 saturated carbocycles. The molecule has 0 bridgehead atoms. The molecule has 0 unspecified atom stereocenters. The molecule has 3 N–H and O–H groups in total. The summed E-state index contributed by atoms with van der Waals surface area (Å²) in [5, 5.41) is 10.3. The lowest BCUT2D eigenvalue weighted by atomic mass is 10.2. The molecule has 1 aromatic heterocycles. The summed E-state index contributed by atoms with van der Waals surface area (Å²) in [5.74, 6) is 0.102. The number of hydrogen-bond acceptors (Lipinski definition) is 5. The molecule has 148 valence electrons. The van der Waals surface area contributed by atoms with Crippen LogP contribution in [0.4, 0.5) is 11.4 Å². The van der Waals surface area contributed by atoms with Crippen LogP contribution in [0.2, 0.25) is 0 Å². The third-order valence-corrected chi connectivity index (χ3v) is 4.86. The van der Waals surface area contributed by atoms with E-state index in [9.17, 15) is 9.59 Å². The minimum Gasteiger partial charge on any atom is -0.484 e. The van der Waals surface area contributed by atoms with Crippen LogP contribution in [0.1, 0.15) is 15.2 Å². The molecule has 0 aliphatic carbocycles. The first kappa shape index (κ1) is 20.5. The standard InChI is InChI=1S/C21H19N3O3S2/c1-14-4-10-17(11-5-14)27-13-19(25)24-21(28)23-16-8-6-15(7-9-16)22-20(26)18-3-2-12-29-18/h2-12H,13H2,1H3,(H,22,26)(H2,23,24,25,28). The maximum atomic E-state index is 12.0. The summed E-state index contributed by atoms with van der Waals surface area (Å²) in [6, 6.07) is 18.0. The van der Waals surface area contributed by atoms with E-state index in [0.29, 0.717) is 22.0 Å². The summed E-state index contributed by atoms with van der Waals surface area (Å²) in [4.78, 5) is 24.6. The van der Waals surface area contributed by atoms with Crippen molar-refractivity contribution in [2.75, 3.05) is 17.2 Å². The Hall–Kier alpha value is -3.23. The summed E-state index contributed by atoms with van der Waals surface area (Å²) in [5.41, 5.74) is 2.46. The van der Waals surface area contributed by atoms with Crippen molar-refractivity contribution in [3.8, 4) is 5.75 Å². The SMILES string of the molecule is Cc1ccc(OCC(=O)NC(=S)Nc2ccc(NC(=O)c3cccs3)cc2)cc1. The first-order chi connectivity index (χ1) is 14.0. The Balaban J connectivity index is 1.44. The van der Waals surface area contributed by atoms with Crippen LogP contribution >= 0.6 is 23.6 Å². The van der Waals surface area contributed by atoms with Crippen LogP contribution in [0, 0.1) is 6.92 Å². The highest BCUT2D eigenvalue weighted by Gasteiger charge is 2.08. The Morgan fingerprint density at radius 1 is 0.966 bits per heavy atom. The molecular weight excluding hydrogens is 406 g/mol. The van der Waals surface area contributed by atoms with Gasteiger partial charge in [0.25, 0.3) is 11.8 Å². The number of hydrogen-bond donors (Lipinski definition) is 3. The average Bonchev–Trinajstić information content (AvgIpc) is 3.24. The van der Waals surface area contributed by atoms with Crippen molar-refractivity contribution in [3.63, 3.8) is 0 Å². The van der Waals surface area contributed by atoms with Gasteiger partial charge in [-0.05, 0) is 67.0 Å². The van der Waals surface area contributed by atoms with E-state index in [0.717, 1.165) is 5.56 Å². The molecule has 6 nitrogen and oxygen atoms in total. The number of nitrogens with one attached hydrogen (secondary N) is 3. The van der Waals surface area contributed by atoms with Crippen LogP contribution in [-0.4, -0.2) is 23.5 Å². The number of carbonyl (C=O) groups excluding carboxylic acids is 2. The molecule has 0 aliphatic heterocycles. The van der Waals surface area contributed by atoms with Gasteiger partial charge in [0.2, 0.25) is 0 Å². The molecule has 0 spiro atoms. The quantitative estimate of drug-likeness (QED) is 0.516. The first-order valence-electron chi connectivity index (χ1n) is 8.75. The van der Waals surface area contributed by atoms with Crippen LogP contribution in [0.3, 0.4) is 0 Å². The largest absolute Gasteiger partial charge is 0.484 e. The van der Waals surface area contributed by atoms with Gasteiger partial charge in [-0.25, -0.2) is 0 Å². The highest BCUT2D eigenvalue weighted by Crippen LogP contribution is 2.16. The molecule has 0 atom stereocenters. The maximum Gasteiger partial charge on any atom is 0.265 e. The Bertz CT molecular complexity index is 985. The Labute approximate surface area is 177 Å². The molecule has 29 heavy (non-hydrogen) atoms. The first-order valence-corrected chi connectivity index (χ1v) is 10.0. The van der Waals surface area contributed by atoms with E-state index < -0.39 is 0 Å². The second kappa shape index (κ2) is 9.81. The number of rotatable bonds is 6. The fourth-order valence-corrected chi connectivity index (χ4v) is 3.20. The molecule has 0 fully saturated rings. The smallest absolute Gasteiger partial charge is 0.265 e. The average molecular weight is 426 g/mol. The molecular formula is C21H19N3O3S2. The van der Waals surface area contributed by atoms with Crippen molar-refractivity contribution < 1.29 is 14.3 Å². The molecule has 0 saturated heterocycles. The van der Waals surface area contributed by atoms with Crippen LogP contribution < -0.4 is 20.7 Å². The highest BCUT2D eigenvalue weighted by molar-refractivity contribution is 7.80. The van der Waals surface area contributed by atoms with Crippen molar-refractivity contribution >= 4 is 51.9 Å². The minimum absolute atomic E-state index is 0.140. The van der Waals surface area contributed by atoms with E-state index in [4.69, 9.17) is 17.0 Å². The summed E-state index contributed by atoms with van der Waals surface area (Å²) >= 11 is 6.53. The van der Waals surface area contributed by atoms with Crippen LogP contribution in [0.25, 0.3) is 0 Å². The van der Waals surface area contributed by atoms with E-state index in [1.807, 2.05) is 30.5 Å². The van der Waals surface area contributed by atoms with Gasteiger partial charge in [0.05, 0.1) is 4.88 Å². The van der Waals surface area contributed by atoms with Crippen molar-refractivity contribution in [1.29, 1.82) is 0 Å². The zero-order valence-electron chi connectivity index (χ0n) is 15.6. The van der Waals surface area contributed by atoms with Crippen LogP contribution in [0.15, 0.2) is 66.0 Å². The molecule has 0 radical (unpaired) electrons. The fourth-order valence-electron chi connectivity index (χ4n) is 2.35. The zero-order valence-corrected chi connectivity index (χ0v) is 17.2. The second-order valence-electron chi connectivity index (χ2n) is 6.11. The van der Waals surface area contributed by atoms with E-state index in [-0.39, 0.29) is 23.5 Å². The third-order valence-electron chi connectivity index (χ3n) is 3.79. The van der Waals surface area contributed by atoms with Crippen molar-refractivity contribution in [2.24, 2.45) is 0 Å². The highest BCUT2D eigenvalue weighted by atomic mass is 32.1. The Morgan fingerprint density at radius 3 is 2.24 bits per heavy atom. The lowest BCUT2D eigenvalue weighted by Crippen LogP contribution is -2.37. The number of thiocarbonyl (C=S) groups is 1. The molecule has 8 heteroatoms. The number of anilines is 2. The van der Waals surface area contributed by atoms with Gasteiger partial charge in [-0.1, -0.05) is 23.8 Å². The minimum atomic E-state index is -0.358. The topological polar surface area (TPSA) is 79.5 Å². The summed E-state index contributed by atoms with van der Waals surface area (Å²) in [6.45, 7) is 1.84. The molecule has 1 heterocycles. The Kier molecular flexibility index (Phi) is 6.94. The van der Waals surface area contributed by atoms with Crippen LogP contribution in [-0.2, 0) is 4.79 Å². The molecule has 3 rings (SSSR count). The third kappa shape index (κ3) is 6.41. The van der Waals surface area contributed by atoms with Crippen molar-refractivity contribution in [1.82, 2.24) is 5.32 Å². The zero-order chi connectivity index (χ0) is 20.6. The van der Waals surface area contributed by atoms with Gasteiger partial charge in [-0.3, -0.25) is 14.9 Å². The lowest BCUT2D eigenvalue weighted by Gasteiger charge is -2.11. The predicted octanol–water partition coefficient (Wildman–Crippen LogP) is 4.20. The monoisotopic (exact) mass is 425 g/mol. The van der Waals surface area contributed by atoms with Gasteiger partial charge in [-0.2, -0.15) is 0 Å². The number of ether oxygens (including phenoxy) is 1. The van der Waals surface area contributed by atoms with E-state index >= 15 is 0 Å². The van der Waals surface area contributed by atoms with Gasteiger partial charge >= 0.3 is 0 Å². The number of thiophene rings is 1. The number of benzene rings is 2. The summed E-state index contributed by atoms with van der Waals surface area (Å²) in [7, 11) is 0. The van der Waals surface area contributed by atoms with Crippen molar-refractivity contribution in [2.45, 2.75) is 6.92 Å². The van der Waals surface area contributed by atoms with E-state index in [1.165, 1.54) is 11.3 Å². The molecule has 2 amide bonds. The predicted molar refractivity (Wildman–Crippen MR) is 120 cm³/mol. The Morgan fingerprint density at radius 2 is 1.62 bits per heavy atom. The van der Waals surface area contributed by atoms with Gasteiger partial charge in [-0.15, -0.1) is 11.3 Å². The van der Waals surface area contributed by atoms with Crippen molar-refractivity contribution in [3.05, 3.63) is 76.5 Å².